The molecule has 1 aliphatic carbocycles. The number of ether oxygens (including phenoxy) is 2. The summed E-state index contributed by atoms with van der Waals surface area (Å²) in [6.45, 7) is 0.0422. The van der Waals surface area contributed by atoms with Crippen molar-refractivity contribution in [3.05, 3.63) is 71.2 Å². The molecule has 7 rings (SSSR count). The van der Waals surface area contributed by atoms with E-state index in [-0.39, 0.29) is 42.5 Å². The maximum Gasteiger partial charge on any atom is 0.416 e. The zero-order valence-corrected chi connectivity index (χ0v) is 19.8. The van der Waals surface area contributed by atoms with Crippen LogP contribution in [0.25, 0.3) is 11.0 Å². The molecule has 11 heteroatoms. The van der Waals surface area contributed by atoms with Crippen LogP contribution in [0.4, 0.5) is 19.0 Å². The molecule has 194 valence electrons. The van der Waals surface area contributed by atoms with Crippen molar-refractivity contribution in [1.82, 2.24) is 14.5 Å². The Morgan fingerprint density at radius 1 is 1.13 bits per heavy atom. The zero-order valence-electron chi connectivity index (χ0n) is 19.8. The van der Waals surface area contributed by atoms with Crippen molar-refractivity contribution in [2.45, 2.75) is 43.5 Å². The van der Waals surface area contributed by atoms with Crippen molar-refractivity contribution in [2.75, 3.05) is 11.9 Å². The number of carbonyl (C=O) groups excluding carboxylic acids is 1. The molecule has 0 spiro atoms. The number of aliphatic hydroxyl groups is 1. The van der Waals surface area contributed by atoms with Gasteiger partial charge >= 0.3 is 6.18 Å². The second-order valence-corrected chi connectivity index (χ2v) is 9.67. The summed E-state index contributed by atoms with van der Waals surface area (Å²) in [6.07, 6.45) is -2.19. The van der Waals surface area contributed by atoms with E-state index in [9.17, 15) is 23.1 Å². The van der Waals surface area contributed by atoms with Crippen LogP contribution >= 0.6 is 0 Å². The standard InChI is InChI=1S/C27H21F3N4O4/c28-27(29,30)13-1-4-18-17(11-13)32-26(34(18)9-10-35)23-22-16-12-14(2-5-19(16)38-24(22)23)37-20-7-8-31-25-15(20)3-6-21(36)33-25/h1-2,4-5,7-8,11-12,22-24,35H,3,6,9-10H2,(H,31,33,36)/t22?,23-,24?/m1/s1. The van der Waals surface area contributed by atoms with Gasteiger partial charge in [-0.2, -0.15) is 13.2 Å². The predicted molar refractivity (Wildman–Crippen MR) is 129 cm³/mol. The number of carbonyl (C=O) groups is 1. The van der Waals surface area contributed by atoms with Gasteiger partial charge in [0.25, 0.3) is 0 Å². The van der Waals surface area contributed by atoms with Gasteiger partial charge < -0.3 is 24.5 Å². The largest absolute Gasteiger partial charge is 0.489 e. The van der Waals surface area contributed by atoms with E-state index >= 15 is 0 Å². The maximum atomic E-state index is 13.3. The van der Waals surface area contributed by atoms with Crippen LogP contribution in [0.1, 0.15) is 40.8 Å². The molecule has 2 aromatic heterocycles. The van der Waals surface area contributed by atoms with Crippen LogP contribution in [0.2, 0.25) is 0 Å². The molecule has 2 unspecified atom stereocenters. The predicted octanol–water partition coefficient (Wildman–Crippen LogP) is 4.76. The lowest BCUT2D eigenvalue weighted by atomic mass is 10.1. The number of hydrogen-bond donors (Lipinski definition) is 2. The molecule has 3 atom stereocenters. The molecule has 4 heterocycles. The van der Waals surface area contributed by atoms with Crippen LogP contribution in [-0.4, -0.2) is 38.3 Å². The molecule has 8 nitrogen and oxygen atoms in total. The number of amides is 1. The molecule has 0 saturated heterocycles. The van der Waals surface area contributed by atoms with Gasteiger partial charge in [-0.15, -0.1) is 0 Å². The molecule has 1 saturated carbocycles. The van der Waals surface area contributed by atoms with E-state index < -0.39 is 11.7 Å². The number of alkyl halides is 3. The smallest absolute Gasteiger partial charge is 0.416 e. The van der Waals surface area contributed by atoms with E-state index in [0.717, 1.165) is 29.0 Å². The summed E-state index contributed by atoms with van der Waals surface area (Å²) in [7, 11) is 0. The fourth-order valence-electron chi connectivity index (χ4n) is 5.61. The Hall–Kier alpha value is -4.12. The van der Waals surface area contributed by atoms with Gasteiger partial charge in [0.05, 0.1) is 29.1 Å². The third-order valence-electron chi connectivity index (χ3n) is 7.38. The van der Waals surface area contributed by atoms with Crippen LogP contribution in [0.15, 0.2) is 48.7 Å². The van der Waals surface area contributed by atoms with Gasteiger partial charge in [0.15, 0.2) is 0 Å². The Bertz CT molecular complexity index is 1620. The first-order chi connectivity index (χ1) is 18.3. The van der Waals surface area contributed by atoms with Gasteiger partial charge in [-0.1, -0.05) is 0 Å². The van der Waals surface area contributed by atoms with Gasteiger partial charge in [0, 0.05) is 36.2 Å². The molecule has 3 aliphatic rings. The summed E-state index contributed by atoms with van der Waals surface area (Å²) in [5.41, 5.74) is 1.79. The second kappa shape index (κ2) is 8.19. The number of rotatable bonds is 5. The number of pyridine rings is 1. The number of aromatic nitrogens is 3. The number of hydrogen-bond acceptors (Lipinski definition) is 6. The topological polar surface area (TPSA) is 98.5 Å². The van der Waals surface area contributed by atoms with E-state index in [1.165, 1.54) is 6.07 Å². The molecular weight excluding hydrogens is 501 g/mol. The highest BCUT2D eigenvalue weighted by Gasteiger charge is 2.61. The van der Waals surface area contributed by atoms with Crippen LogP contribution in [0, 0.1) is 0 Å². The lowest BCUT2D eigenvalue weighted by Crippen LogP contribution is -2.20. The molecule has 0 bridgehead atoms. The molecule has 4 aromatic rings. The fraction of sp³-hybridized carbons (Fsp3) is 0.296. The first kappa shape index (κ1) is 23.0. The average molecular weight is 522 g/mol. The highest BCUT2D eigenvalue weighted by Crippen LogP contribution is 2.63. The van der Waals surface area contributed by atoms with Gasteiger partial charge in [0.2, 0.25) is 5.91 Å². The normalized spacial score (nSPS) is 21.4. The van der Waals surface area contributed by atoms with Crippen LogP contribution in [0.3, 0.4) is 0 Å². The Kier molecular flexibility index (Phi) is 4.96. The number of anilines is 1. The van der Waals surface area contributed by atoms with Crippen LogP contribution in [0.5, 0.6) is 17.2 Å². The van der Waals surface area contributed by atoms with Crippen molar-refractivity contribution in [1.29, 1.82) is 0 Å². The Morgan fingerprint density at radius 2 is 2.00 bits per heavy atom. The van der Waals surface area contributed by atoms with Crippen molar-refractivity contribution < 1.29 is 32.5 Å². The molecule has 38 heavy (non-hydrogen) atoms. The lowest BCUT2D eigenvalue weighted by Gasteiger charge is -2.19. The highest BCUT2D eigenvalue weighted by molar-refractivity contribution is 5.93. The molecule has 0 radical (unpaired) electrons. The van der Waals surface area contributed by atoms with Crippen molar-refractivity contribution in [3.63, 3.8) is 0 Å². The van der Waals surface area contributed by atoms with Crippen LogP contribution in [-0.2, 0) is 23.9 Å². The minimum atomic E-state index is -4.47. The molecule has 1 fully saturated rings. The van der Waals surface area contributed by atoms with Gasteiger partial charge in [-0.25, -0.2) is 9.97 Å². The summed E-state index contributed by atoms with van der Waals surface area (Å²) in [5.74, 6) is 2.78. The molecular formula is C27H21F3N4O4. The summed E-state index contributed by atoms with van der Waals surface area (Å²) in [6, 6.07) is 10.8. The van der Waals surface area contributed by atoms with E-state index in [0.29, 0.717) is 41.5 Å². The highest BCUT2D eigenvalue weighted by atomic mass is 19.4. The van der Waals surface area contributed by atoms with Crippen LogP contribution < -0.4 is 14.8 Å². The SMILES string of the molecule is O=C1CCc2c(Oc3ccc4c(c3)C3C(O4)[C@@H]3c3nc4cc(C(F)(F)F)ccc4n3CCO)ccnc2N1. The van der Waals surface area contributed by atoms with E-state index in [2.05, 4.69) is 15.3 Å². The summed E-state index contributed by atoms with van der Waals surface area (Å²) in [5, 5.41) is 12.4. The number of nitrogens with zero attached hydrogens (tertiary/aromatic N) is 3. The second-order valence-electron chi connectivity index (χ2n) is 9.67. The number of imidazole rings is 1. The first-order valence-corrected chi connectivity index (χ1v) is 12.3. The van der Waals surface area contributed by atoms with Gasteiger partial charge in [-0.3, -0.25) is 4.79 Å². The van der Waals surface area contributed by atoms with E-state index in [4.69, 9.17) is 9.47 Å². The number of halogens is 3. The monoisotopic (exact) mass is 522 g/mol. The molecule has 2 aromatic carbocycles. The van der Waals surface area contributed by atoms with Crippen molar-refractivity contribution >= 4 is 22.8 Å². The minimum absolute atomic E-state index is 0.0319. The number of aliphatic hydroxyl groups excluding tert-OH is 1. The number of benzene rings is 2. The van der Waals surface area contributed by atoms with E-state index in [1.54, 1.807) is 16.8 Å². The third-order valence-corrected chi connectivity index (χ3v) is 7.38. The van der Waals surface area contributed by atoms with E-state index in [1.807, 2.05) is 18.2 Å². The Balaban J connectivity index is 1.20. The van der Waals surface area contributed by atoms with Crippen molar-refractivity contribution in [2.24, 2.45) is 0 Å². The maximum absolute atomic E-state index is 13.3. The zero-order chi connectivity index (χ0) is 26.2. The van der Waals surface area contributed by atoms with Crippen molar-refractivity contribution in [3.8, 4) is 17.2 Å². The summed E-state index contributed by atoms with van der Waals surface area (Å²) in [4.78, 5) is 20.5. The Morgan fingerprint density at radius 3 is 2.82 bits per heavy atom. The minimum Gasteiger partial charge on any atom is -0.489 e. The molecule has 1 amide bonds. The summed E-state index contributed by atoms with van der Waals surface area (Å²) < 4.78 is 53.9. The van der Waals surface area contributed by atoms with Gasteiger partial charge in [-0.05, 0) is 48.9 Å². The quantitative estimate of drug-likeness (QED) is 0.392. The lowest BCUT2D eigenvalue weighted by molar-refractivity contribution is -0.137. The third kappa shape index (κ3) is 3.60. The molecule has 2 N–H and O–H groups in total. The van der Waals surface area contributed by atoms with Gasteiger partial charge in [0.1, 0.15) is 35.0 Å². The average Bonchev–Trinajstić information content (AvgIpc) is 3.28. The number of nitrogens with one attached hydrogen (secondary N) is 1. The molecule has 2 aliphatic heterocycles. The number of fused-ring (bicyclic) bond motifs is 5. The Labute approximate surface area is 214 Å². The summed E-state index contributed by atoms with van der Waals surface area (Å²) >= 11 is 0. The fourth-order valence-corrected chi connectivity index (χ4v) is 5.61. The first-order valence-electron chi connectivity index (χ1n) is 12.3.